The van der Waals surface area contributed by atoms with Gasteiger partial charge in [-0.15, -0.1) is 0 Å². The summed E-state index contributed by atoms with van der Waals surface area (Å²) in [5.41, 5.74) is 2.80. The van der Waals surface area contributed by atoms with E-state index in [0.717, 1.165) is 11.1 Å². The second-order valence-electron chi connectivity index (χ2n) is 3.77. The number of carboxylic acid groups (broad SMARTS) is 1. The number of aryl methyl sites for hydroxylation is 2. The fourth-order valence-electron chi connectivity index (χ4n) is 1.62. The third-order valence-corrected chi connectivity index (χ3v) is 2.27. The van der Waals surface area contributed by atoms with E-state index in [1.165, 1.54) is 4.90 Å². The molecule has 0 unspecified atom stereocenters. The number of amides is 1. The minimum atomic E-state index is -0.956. The number of benzene rings is 1. The van der Waals surface area contributed by atoms with E-state index >= 15 is 0 Å². The summed E-state index contributed by atoms with van der Waals surface area (Å²) in [4.78, 5) is 12.4. The van der Waals surface area contributed by atoms with Crippen LogP contribution in [0.4, 0.5) is 10.5 Å². The van der Waals surface area contributed by atoms with Crippen LogP contribution >= 0.6 is 0 Å². The minimum absolute atomic E-state index is 0.342. The van der Waals surface area contributed by atoms with Crippen LogP contribution in [0.15, 0.2) is 18.2 Å². The minimum Gasteiger partial charge on any atom is -0.465 e. The number of carbonyl (C=O) groups is 1. The lowest BCUT2D eigenvalue weighted by molar-refractivity contribution is 0.186. The topological polar surface area (TPSA) is 49.8 Å². The Labute approximate surface area is 95.5 Å². The van der Waals surface area contributed by atoms with Gasteiger partial charge in [0, 0.05) is 12.8 Å². The number of hydrogen-bond acceptors (Lipinski definition) is 2. The van der Waals surface area contributed by atoms with Gasteiger partial charge in [0.2, 0.25) is 0 Å². The average Bonchev–Trinajstić information content (AvgIpc) is 2.16. The Morgan fingerprint density at radius 1 is 1.31 bits per heavy atom. The Bertz CT molecular complexity index is 356. The molecule has 4 nitrogen and oxygen atoms in total. The molecule has 0 saturated heterocycles. The highest BCUT2D eigenvalue weighted by Gasteiger charge is 2.14. The van der Waals surface area contributed by atoms with Gasteiger partial charge in [0.25, 0.3) is 0 Å². The Hall–Kier alpha value is -1.55. The zero-order valence-electron chi connectivity index (χ0n) is 9.86. The van der Waals surface area contributed by atoms with Crippen molar-refractivity contribution in [3.05, 3.63) is 29.3 Å². The molecular weight excluding hydrogens is 206 g/mol. The summed E-state index contributed by atoms with van der Waals surface area (Å²) in [6, 6.07) is 5.73. The third-order valence-electron chi connectivity index (χ3n) is 2.27. The Morgan fingerprint density at radius 3 is 2.31 bits per heavy atom. The average molecular weight is 223 g/mol. The highest BCUT2D eigenvalue weighted by atomic mass is 16.5. The number of nitrogens with zero attached hydrogens (tertiary/aromatic N) is 1. The fourth-order valence-corrected chi connectivity index (χ4v) is 1.62. The van der Waals surface area contributed by atoms with Crippen molar-refractivity contribution < 1.29 is 14.6 Å². The molecular formula is C12H17NO3. The smallest absolute Gasteiger partial charge is 0.411 e. The van der Waals surface area contributed by atoms with Crippen LogP contribution < -0.4 is 4.90 Å². The number of ether oxygens (including phenoxy) is 1. The van der Waals surface area contributed by atoms with Gasteiger partial charge in [-0.2, -0.15) is 0 Å². The van der Waals surface area contributed by atoms with Gasteiger partial charge in [0.15, 0.2) is 0 Å². The highest BCUT2D eigenvalue weighted by molar-refractivity contribution is 5.86. The zero-order valence-corrected chi connectivity index (χ0v) is 9.86. The molecule has 0 fully saturated rings. The molecule has 0 saturated carbocycles. The highest BCUT2D eigenvalue weighted by Crippen LogP contribution is 2.18. The van der Waals surface area contributed by atoms with E-state index in [1.807, 2.05) is 32.0 Å². The van der Waals surface area contributed by atoms with Crippen LogP contribution in [-0.4, -0.2) is 31.5 Å². The van der Waals surface area contributed by atoms with Crippen molar-refractivity contribution >= 4 is 11.8 Å². The van der Waals surface area contributed by atoms with E-state index in [0.29, 0.717) is 18.8 Å². The van der Waals surface area contributed by atoms with E-state index in [4.69, 9.17) is 9.84 Å². The Balaban J connectivity index is 2.96. The molecule has 0 bridgehead atoms. The summed E-state index contributed by atoms with van der Waals surface area (Å²) < 4.78 is 4.90. The molecule has 1 aromatic carbocycles. The normalized spacial score (nSPS) is 10.2. The molecule has 0 aliphatic rings. The Kier molecular flexibility index (Phi) is 4.31. The maximum absolute atomic E-state index is 11.1. The van der Waals surface area contributed by atoms with Crippen LogP contribution in [0.5, 0.6) is 0 Å². The molecule has 0 radical (unpaired) electrons. The predicted molar refractivity (Wildman–Crippen MR) is 63.2 cm³/mol. The van der Waals surface area contributed by atoms with Crippen LogP contribution in [0.1, 0.15) is 11.1 Å². The largest absolute Gasteiger partial charge is 0.465 e. The van der Waals surface area contributed by atoms with E-state index in [1.54, 1.807) is 7.11 Å². The SMILES string of the molecule is COCCN(C(=O)O)c1cc(C)cc(C)c1. The molecule has 16 heavy (non-hydrogen) atoms. The molecule has 0 aliphatic heterocycles. The van der Waals surface area contributed by atoms with E-state index in [-0.39, 0.29) is 0 Å². The van der Waals surface area contributed by atoms with Crippen molar-refractivity contribution in [1.82, 2.24) is 0 Å². The number of hydrogen-bond donors (Lipinski definition) is 1. The number of rotatable bonds is 4. The first-order valence-electron chi connectivity index (χ1n) is 5.12. The first-order valence-corrected chi connectivity index (χ1v) is 5.12. The monoisotopic (exact) mass is 223 g/mol. The first kappa shape index (κ1) is 12.5. The second kappa shape index (κ2) is 5.51. The summed E-state index contributed by atoms with van der Waals surface area (Å²) in [7, 11) is 1.56. The Morgan fingerprint density at radius 2 is 1.88 bits per heavy atom. The molecule has 0 aromatic heterocycles. The van der Waals surface area contributed by atoms with Crippen molar-refractivity contribution in [2.24, 2.45) is 0 Å². The molecule has 1 amide bonds. The maximum atomic E-state index is 11.1. The summed E-state index contributed by atoms with van der Waals surface area (Å²) in [6.45, 7) is 4.63. The second-order valence-corrected chi connectivity index (χ2v) is 3.77. The maximum Gasteiger partial charge on any atom is 0.411 e. The summed E-state index contributed by atoms with van der Waals surface area (Å²) in [5.74, 6) is 0. The molecule has 0 aliphatic carbocycles. The van der Waals surface area contributed by atoms with Crippen LogP contribution in [0.3, 0.4) is 0 Å². The van der Waals surface area contributed by atoms with Gasteiger partial charge in [-0.05, 0) is 37.1 Å². The van der Waals surface area contributed by atoms with Gasteiger partial charge in [-0.3, -0.25) is 4.90 Å². The van der Waals surface area contributed by atoms with Gasteiger partial charge in [-0.25, -0.2) is 4.79 Å². The predicted octanol–water partition coefficient (Wildman–Crippen LogP) is 2.43. The molecule has 1 aromatic rings. The summed E-state index contributed by atoms with van der Waals surface area (Å²) in [5, 5.41) is 9.11. The molecule has 1 rings (SSSR count). The van der Waals surface area contributed by atoms with Crippen LogP contribution in [0.25, 0.3) is 0 Å². The van der Waals surface area contributed by atoms with Gasteiger partial charge in [0.05, 0.1) is 13.2 Å². The quantitative estimate of drug-likeness (QED) is 0.852. The number of anilines is 1. The fraction of sp³-hybridized carbons (Fsp3) is 0.417. The van der Waals surface area contributed by atoms with Crippen molar-refractivity contribution in [3.8, 4) is 0 Å². The van der Waals surface area contributed by atoms with Crippen molar-refractivity contribution in [2.75, 3.05) is 25.2 Å². The lowest BCUT2D eigenvalue weighted by atomic mass is 10.1. The van der Waals surface area contributed by atoms with E-state index in [2.05, 4.69) is 0 Å². The van der Waals surface area contributed by atoms with Gasteiger partial charge in [-0.1, -0.05) is 6.07 Å². The first-order chi connectivity index (χ1) is 7.54. The van der Waals surface area contributed by atoms with Gasteiger partial charge in [0.1, 0.15) is 0 Å². The molecule has 0 atom stereocenters. The van der Waals surface area contributed by atoms with Crippen LogP contribution in [-0.2, 0) is 4.74 Å². The van der Waals surface area contributed by atoms with Crippen molar-refractivity contribution in [1.29, 1.82) is 0 Å². The van der Waals surface area contributed by atoms with Crippen LogP contribution in [0.2, 0.25) is 0 Å². The molecule has 1 N–H and O–H groups in total. The zero-order chi connectivity index (χ0) is 12.1. The molecule has 0 heterocycles. The summed E-state index contributed by atoms with van der Waals surface area (Å²) >= 11 is 0. The summed E-state index contributed by atoms with van der Waals surface area (Å²) in [6.07, 6.45) is -0.956. The lowest BCUT2D eigenvalue weighted by Crippen LogP contribution is -2.32. The van der Waals surface area contributed by atoms with E-state index < -0.39 is 6.09 Å². The third kappa shape index (κ3) is 3.24. The molecule has 4 heteroatoms. The molecule has 88 valence electrons. The van der Waals surface area contributed by atoms with Gasteiger partial charge >= 0.3 is 6.09 Å². The standard InChI is InChI=1S/C12H17NO3/c1-9-6-10(2)8-11(7-9)13(12(14)15)4-5-16-3/h6-8H,4-5H2,1-3H3,(H,14,15). The molecule has 0 spiro atoms. The van der Waals surface area contributed by atoms with Gasteiger partial charge < -0.3 is 9.84 Å². The van der Waals surface area contributed by atoms with Crippen molar-refractivity contribution in [2.45, 2.75) is 13.8 Å². The number of methoxy groups -OCH3 is 1. The van der Waals surface area contributed by atoms with Crippen LogP contribution in [0, 0.1) is 13.8 Å². The lowest BCUT2D eigenvalue weighted by Gasteiger charge is -2.19. The van der Waals surface area contributed by atoms with Crippen molar-refractivity contribution in [3.63, 3.8) is 0 Å². The van der Waals surface area contributed by atoms with E-state index in [9.17, 15) is 4.79 Å².